The van der Waals surface area contributed by atoms with Gasteiger partial charge in [0.05, 0.1) is 5.75 Å². The number of hydrogen-bond donors (Lipinski definition) is 0. The van der Waals surface area contributed by atoms with E-state index in [4.69, 9.17) is 11.6 Å². The molecule has 0 bridgehead atoms. The molecule has 0 spiro atoms. The van der Waals surface area contributed by atoms with Crippen LogP contribution < -0.4 is 0 Å². The van der Waals surface area contributed by atoms with E-state index < -0.39 is 0 Å². The smallest absolute Gasteiger partial charge is 0.188 e. The van der Waals surface area contributed by atoms with Gasteiger partial charge in [0.15, 0.2) is 5.16 Å². The molecule has 0 saturated carbocycles. The van der Waals surface area contributed by atoms with Gasteiger partial charge in [0.25, 0.3) is 0 Å². The van der Waals surface area contributed by atoms with E-state index in [9.17, 15) is 0 Å². The number of hydrogen-bond acceptors (Lipinski definition) is 5. The van der Waals surface area contributed by atoms with Gasteiger partial charge in [-0.25, -0.2) is 19.9 Å². The molecule has 0 saturated heterocycles. The molecule has 2 aromatic rings. The Hall–Kier alpha value is -1.20. The fraction of sp³-hybridized carbons (Fsp3) is 0.333. The van der Waals surface area contributed by atoms with Gasteiger partial charge in [0.1, 0.15) is 11.0 Å². The van der Waals surface area contributed by atoms with Gasteiger partial charge in [-0.1, -0.05) is 23.4 Å². The summed E-state index contributed by atoms with van der Waals surface area (Å²) >= 11 is 7.40. The van der Waals surface area contributed by atoms with Crippen molar-refractivity contribution in [3.63, 3.8) is 0 Å². The van der Waals surface area contributed by atoms with Gasteiger partial charge < -0.3 is 0 Å². The van der Waals surface area contributed by atoms with Crippen LogP contribution in [-0.2, 0) is 5.75 Å². The number of halogens is 1. The Bertz CT molecular complexity index is 482. The highest BCUT2D eigenvalue weighted by Crippen LogP contribution is 2.19. The zero-order valence-corrected chi connectivity index (χ0v) is 12.0. The summed E-state index contributed by atoms with van der Waals surface area (Å²) < 4.78 is 0. The van der Waals surface area contributed by atoms with Crippen molar-refractivity contribution in [2.45, 2.75) is 31.7 Å². The van der Waals surface area contributed by atoms with E-state index in [0.29, 0.717) is 16.7 Å². The Labute approximate surface area is 115 Å². The molecule has 0 fully saturated rings. The van der Waals surface area contributed by atoms with Crippen molar-refractivity contribution in [1.29, 1.82) is 0 Å². The SMILES string of the molecule is Cc1cc(Cl)nc(CSc2nc(C)cc(C)n2)n1. The second kappa shape index (κ2) is 5.63. The second-order valence-electron chi connectivity index (χ2n) is 3.97. The Morgan fingerprint density at radius 3 is 2.17 bits per heavy atom. The third kappa shape index (κ3) is 3.65. The molecular weight excluding hydrogens is 268 g/mol. The molecule has 18 heavy (non-hydrogen) atoms. The number of aryl methyl sites for hydroxylation is 3. The number of nitrogens with zero attached hydrogens (tertiary/aromatic N) is 4. The van der Waals surface area contributed by atoms with Crippen molar-refractivity contribution >= 4 is 23.4 Å². The van der Waals surface area contributed by atoms with Crippen molar-refractivity contribution in [2.24, 2.45) is 0 Å². The minimum atomic E-state index is 0.472. The van der Waals surface area contributed by atoms with Crippen LogP contribution in [0.2, 0.25) is 5.15 Å². The van der Waals surface area contributed by atoms with Crippen molar-refractivity contribution in [2.75, 3.05) is 0 Å². The first-order valence-electron chi connectivity index (χ1n) is 5.48. The third-order valence-electron chi connectivity index (χ3n) is 2.16. The maximum atomic E-state index is 5.89. The molecule has 2 rings (SSSR count). The van der Waals surface area contributed by atoms with Gasteiger partial charge in [0.2, 0.25) is 0 Å². The van der Waals surface area contributed by atoms with Gasteiger partial charge in [-0.2, -0.15) is 0 Å². The average molecular weight is 281 g/mol. The minimum absolute atomic E-state index is 0.472. The van der Waals surface area contributed by atoms with Crippen LogP contribution in [0, 0.1) is 20.8 Å². The van der Waals surface area contributed by atoms with E-state index in [-0.39, 0.29) is 0 Å². The van der Waals surface area contributed by atoms with Crippen molar-refractivity contribution < 1.29 is 0 Å². The van der Waals surface area contributed by atoms with E-state index in [1.165, 1.54) is 11.8 Å². The van der Waals surface area contributed by atoms with Crippen LogP contribution in [0.3, 0.4) is 0 Å². The van der Waals surface area contributed by atoms with Crippen LogP contribution in [0.5, 0.6) is 0 Å². The largest absolute Gasteiger partial charge is 0.237 e. The normalized spacial score (nSPS) is 10.7. The highest BCUT2D eigenvalue weighted by atomic mass is 35.5. The predicted molar refractivity (Wildman–Crippen MR) is 72.8 cm³/mol. The molecule has 0 radical (unpaired) electrons. The van der Waals surface area contributed by atoms with Gasteiger partial charge in [0, 0.05) is 17.1 Å². The molecule has 4 nitrogen and oxygen atoms in total. The van der Waals surface area contributed by atoms with Crippen LogP contribution in [0.15, 0.2) is 17.3 Å². The predicted octanol–water partition coefficient (Wildman–Crippen LogP) is 3.14. The fourth-order valence-electron chi connectivity index (χ4n) is 1.54. The molecule has 2 aromatic heterocycles. The summed E-state index contributed by atoms with van der Waals surface area (Å²) in [5, 5.41) is 1.22. The van der Waals surface area contributed by atoms with Crippen LogP contribution in [0.4, 0.5) is 0 Å². The van der Waals surface area contributed by atoms with E-state index >= 15 is 0 Å². The Morgan fingerprint density at radius 1 is 0.944 bits per heavy atom. The summed E-state index contributed by atoms with van der Waals surface area (Å²) in [6, 6.07) is 3.69. The van der Waals surface area contributed by atoms with Crippen LogP contribution >= 0.6 is 23.4 Å². The molecule has 0 atom stereocenters. The molecule has 94 valence electrons. The van der Waals surface area contributed by atoms with Crippen molar-refractivity contribution in [3.05, 3.63) is 40.2 Å². The lowest BCUT2D eigenvalue weighted by molar-refractivity contribution is 0.897. The summed E-state index contributed by atoms with van der Waals surface area (Å²) in [7, 11) is 0. The first kappa shape index (κ1) is 13.2. The average Bonchev–Trinajstić information content (AvgIpc) is 2.23. The standard InChI is InChI=1S/C12H13ClN4S/c1-7-4-8(2)16-12(15-7)18-6-11-14-9(3)5-10(13)17-11/h4-5H,6H2,1-3H3. The lowest BCUT2D eigenvalue weighted by Gasteiger charge is -2.03. The van der Waals surface area contributed by atoms with Crippen LogP contribution in [0.1, 0.15) is 22.9 Å². The second-order valence-corrected chi connectivity index (χ2v) is 5.30. The van der Waals surface area contributed by atoms with Crippen LogP contribution in [-0.4, -0.2) is 19.9 Å². The quantitative estimate of drug-likeness (QED) is 0.491. The molecule has 2 heterocycles. The van der Waals surface area contributed by atoms with E-state index in [1.54, 1.807) is 6.07 Å². The molecular formula is C12H13ClN4S. The monoisotopic (exact) mass is 280 g/mol. The minimum Gasteiger partial charge on any atom is -0.237 e. The summed E-state index contributed by atoms with van der Waals surface area (Å²) in [5.41, 5.74) is 2.80. The molecule has 0 aliphatic carbocycles. The molecule has 0 aromatic carbocycles. The summed E-state index contributed by atoms with van der Waals surface area (Å²) in [6.07, 6.45) is 0. The highest BCUT2D eigenvalue weighted by molar-refractivity contribution is 7.98. The van der Waals surface area contributed by atoms with Gasteiger partial charge in [-0.15, -0.1) is 0 Å². The topological polar surface area (TPSA) is 51.6 Å². The highest BCUT2D eigenvalue weighted by Gasteiger charge is 2.05. The lowest BCUT2D eigenvalue weighted by Crippen LogP contribution is -1.97. The van der Waals surface area contributed by atoms with Crippen molar-refractivity contribution in [3.8, 4) is 0 Å². The van der Waals surface area contributed by atoms with E-state index in [0.717, 1.165) is 22.2 Å². The Morgan fingerprint density at radius 2 is 1.56 bits per heavy atom. The van der Waals surface area contributed by atoms with Gasteiger partial charge in [-0.05, 0) is 32.9 Å². The number of rotatable bonds is 3. The molecule has 0 N–H and O–H groups in total. The number of thioether (sulfide) groups is 1. The summed E-state index contributed by atoms with van der Waals surface area (Å²) in [6.45, 7) is 5.81. The molecule has 0 unspecified atom stereocenters. The molecule has 6 heteroatoms. The molecule has 0 amide bonds. The van der Waals surface area contributed by atoms with Gasteiger partial charge in [-0.3, -0.25) is 0 Å². The first-order valence-corrected chi connectivity index (χ1v) is 6.84. The third-order valence-corrected chi connectivity index (χ3v) is 3.20. The van der Waals surface area contributed by atoms with Crippen molar-refractivity contribution in [1.82, 2.24) is 19.9 Å². The Kier molecular flexibility index (Phi) is 4.14. The molecule has 0 aliphatic heterocycles. The summed E-state index contributed by atoms with van der Waals surface area (Å²) in [4.78, 5) is 17.2. The molecule has 0 aliphatic rings. The maximum absolute atomic E-state index is 5.89. The summed E-state index contributed by atoms with van der Waals surface area (Å²) in [5.74, 6) is 1.32. The zero-order chi connectivity index (χ0) is 13.1. The van der Waals surface area contributed by atoms with E-state index in [1.807, 2.05) is 26.8 Å². The fourth-order valence-corrected chi connectivity index (χ4v) is 2.60. The number of aromatic nitrogens is 4. The van der Waals surface area contributed by atoms with E-state index in [2.05, 4.69) is 19.9 Å². The van der Waals surface area contributed by atoms with Crippen LogP contribution in [0.25, 0.3) is 0 Å². The maximum Gasteiger partial charge on any atom is 0.188 e. The Balaban J connectivity index is 2.11. The zero-order valence-electron chi connectivity index (χ0n) is 10.4. The first-order chi connectivity index (χ1) is 8.52. The lowest BCUT2D eigenvalue weighted by atomic mass is 10.4. The van der Waals surface area contributed by atoms with Gasteiger partial charge >= 0.3 is 0 Å².